The average molecular weight is 325 g/mol. The first-order valence-electron chi connectivity index (χ1n) is 5.61. The van der Waals surface area contributed by atoms with Gasteiger partial charge < -0.3 is 5.73 Å². The Bertz CT molecular complexity index is 547. The molecule has 0 saturated carbocycles. The van der Waals surface area contributed by atoms with Crippen molar-refractivity contribution in [3.05, 3.63) is 34.7 Å². The van der Waals surface area contributed by atoms with E-state index in [-0.39, 0.29) is 0 Å². The van der Waals surface area contributed by atoms with Crippen molar-refractivity contribution >= 4 is 33.5 Å². The molecule has 0 aliphatic rings. The fourth-order valence-electron chi connectivity index (χ4n) is 1.43. The average Bonchev–Trinajstić information content (AvgIpc) is 2.32. The van der Waals surface area contributed by atoms with Crippen LogP contribution in [0.5, 0.6) is 0 Å². The number of nitrogens with zero attached hydrogens (tertiary/aromatic N) is 3. The number of halogens is 1. The van der Waals surface area contributed by atoms with Crippen molar-refractivity contribution in [1.29, 1.82) is 0 Å². The van der Waals surface area contributed by atoms with E-state index < -0.39 is 0 Å². The first-order chi connectivity index (χ1) is 8.69. The summed E-state index contributed by atoms with van der Waals surface area (Å²) in [6.45, 7) is 2.09. The van der Waals surface area contributed by atoms with Gasteiger partial charge in [0.05, 0.1) is 4.47 Å². The second-order valence-corrected chi connectivity index (χ2v) is 5.55. The van der Waals surface area contributed by atoms with Crippen LogP contribution in [0, 0.1) is 0 Å². The summed E-state index contributed by atoms with van der Waals surface area (Å²) in [6, 6.07) is 5.60. The summed E-state index contributed by atoms with van der Waals surface area (Å²) >= 11 is 4.94. The maximum Gasteiger partial charge on any atom is 0.132 e. The molecule has 0 bridgehead atoms. The van der Waals surface area contributed by atoms with Crippen LogP contribution in [0.2, 0.25) is 0 Å². The minimum atomic E-state index is 0.503. The van der Waals surface area contributed by atoms with Crippen molar-refractivity contribution in [3.63, 3.8) is 0 Å². The van der Waals surface area contributed by atoms with E-state index in [1.165, 1.54) is 11.8 Å². The second-order valence-electron chi connectivity index (χ2n) is 3.69. The van der Waals surface area contributed by atoms with Crippen molar-refractivity contribution in [2.45, 2.75) is 29.8 Å². The molecule has 18 heavy (non-hydrogen) atoms. The first-order valence-corrected chi connectivity index (χ1v) is 7.21. The van der Waals surface area contributed by atoms with Gasteiger partial charge in [-0.05, 0) is 46.2 Å². The molecule has 0 aromatic carbocycles. The lowest BCUT2D eigenvalue weighted by Gasteiger charge is -2.05. The zero-order valence-electron chi connectivity index (χ0n) is 9.93. The second kappa shape index (κ2) is 6.15. The predicted molar refractivity (Wildman–Crippen MR) is 76.5 cm³/mol. The lowest BCUT2D eigenvalue weighted by Crippen LogP contribution is -2.00. The van der Waals surface area contributed by atoms with E-state index in [0.717, 1.165) is 33.2 Å². The number of pyridine rings is 1. The molecule has 2 N–H and O–H groups in total. The highest BCUT2D eigenvalue weighted by atomic mass is 79.9. The molecule has 0 spiro atoms. The van der Waals surface area contributed by atoms with Crippen molar-refractivity contribution < 1.29 is 0 Å². The summed E-state index contributed by atoms with van der Waals surface area (Å²) in [6.07, 6.45) is 3.59. The number of hydrogen-bond donors (Lipinski definition) is 1. The summed E-state index contributed by atoms with van der Waals surface area (Å²) < 4.78 is 0.948. The van der Waals surface area contributed by atoms with Gasteiger partial charge in [0.2, 0.25) is 0 Å². The first kappa shape index (κ1) is 13.3. The normalized spacial score (nSPS) is 10.6. The standard InChI is InChI=1S/C12H13BrN4S/c1-2-4-10-16-9(14)7-11(17-10)18-12-8(13)5-3-6-15-12/h3,5-7H,2,4H2,1H3,(H2,14,16,17). The van der Waals surface area contributed by atoms with E-state index in [2.05, 4.69) is 37.8 Å². The highest BCUT2D eigenvalue weighted by Crippen LogP contribution is 2.30. The molecule has 0 saturated heterocycles. The lowest BCUT2D eigenvalue weighted by atomic mass is 10.3. The monoisotopic (exact) mass is 324 g/mol. The number of aryl methyl sites for hydroxylation is 1. The van der Waals surface area contributed by atoms with Gasteiger partial charge in [-0.25, -0.2) is 15.0 Å². The molecule has 0 unspecified atom stereocenters. The van der Waals surface area contributed by atoms with Gasteiger partial charge in [-0.15, -0.1) is 0 Å². The van der Waals surface area contributed by atoms with Crippen LogP contribution in [0.25, 0.3) is 0 Å². The van der Waals surface area contributed by atoms with Gasteiger partial charge in [0.25, 0.3) is 0 Å². The van der Waals surface area contributed by atoms with Crippen LogP contribution in [0.3, 0.4) is 0 Å². The van der Waals surface area contributed by atoms with Gasteiger partial charge in [-0.2, -0.15) is 0 Å². The summed E-state index contributed by atoms with van der Waals surface area (Å²) in [5.74, 6) is 1.29. The van der Waals surface area contributed by atoms with Crippen LogP contribution >= 0.6 is 27.7 Å². The molecule has 4 nitrogen and oxygen atoms in total. The third-order valence-electron chi connectivity index (χ3n) is 2.17. The minimum absolute atomic E-state index is 0.503. The predicted octanol–water partition coefficient (Wildman–Crippen LogP) is 3.32. The molecule has 94 valence electrons. The van der Waals surface area contributed by atoms with Crippen LogP contribution in [0.4, 0.5) is 5.82 Å². The molecular formula is C12H13BrN4S. The molecular weight excluding hydrogens is 312 g/mol. The van der Waals surface area contributed by atoms with Gasteiger partial charge in [0.1, 0.15) is 21.7 Å². The van der Waals surface area contributed by atoms with E-state index >= 15 is 0 Å². The smallest absolute Gasteiger partial charge is 0.132 e. The summed E-state index contributed by atoms with van der Waals surface area (Å²) in [5, 5.41) is 1.70. The lowest BCUT2D eigenvalue weighted by molar-refractivity contribution is 0.812. The Kier molecular flexibility index (Phi) is 4.54. The Morgan fingerprint density at radius 1 is 1.39 bits per heavy atom. The highest BCUT2D eigenvalue weighted by Gasteiger charge is 2.07. The van der Waals surface area contributed by atoms with Crippen LogP contribution in [-0.2, 0) is 6.42 Å². The SMILES string of the molecule is CCCc1nc(N)cc(Sc2ncccc2Br)n1. The zero-order chi connectivity index (χ0) is 13.0. The number of anilines is 1. The molecule has 6 heteroatoms. The Labute approximate surface area is 119 Å². The molecule has 0 aliphatic carbocycles. The molecule has 0 atom stereocenters. The van der Waals surface area contributed by atoms with E-state index in [9.17, 15) is 0 Å². The van der Waals surface area contributed by atoms with Gasteiger partial charge in [-0.1, -0.05) is 6.92 Å². The van der Waals surface area contributed by atoms with Crippen molar-refractivity contribution in [2.75, 3.05) is 5.73 Å². The summed E-state index contributed by atoms with van der Waals surface area (Å²) in [4.78, 5) is 13.0. The molecule has 2 aromatic rings. The summed E-state index contributed by atoms with van der Waals surface area (Å²) in [5.41, 5.74) is 5.78. The van der Waals surface area contributed by atoms with E-state index in [0.29, 0.717) is 5.82 Å². The Morgan fingerprint density at radius 3 is 2.94 bits per heavy atom. The fourth-order valence-corrected chi connectivity index (χ4v) is 2.73. The number of nitrogens with two attached hydrogens (primary N) is 1. The minimum Gasteiger partial charge on any atom is -0.384 e. The zero-order valence-corrected chi connectivity index (χ0v) is 12.3. The number of nitrogen functional groups attached to an aromatic ring is 1. The molecule has 0 fully saturated rings. The number of rotatable bonds is 4. The van der Waals surface area contributed by atoms with E-state index in [4.69, 9.17) is 5.73 Å². The van der Waals surface area contributed by atoms with Crippen LogP contribution < -0.4 is 5.73 Å². The van der Waals surface area contributed by atoms with Crippen LogP contribution in [0.15, 0.2) is 38.9 Å². The third kappa shape index (κ3) is 3.43. The summed E-state index contributed by atoms with van der Waals surface area (Å²) in [7, 11) is 0. The van der Waals surface area contributed by atoms with Crippen molar-refractivity contribution in [2.24, 2.45) is 0 Å². The fraction of sp³-hybridized carbons (Fsp3) is 0.250. The molecule has 2 heterocycles. The third-order valence-corrected chi connectivity index (χ3v) is 4.01. The Balaban J connectivity index is 2.26. The highest BCUT2D eigenvalue weighted by molar-refractivity contribution is 9.10. The maximum atomic E-state index is 5.78. The topological polar surface area (TPSA) is 64.7 Å². The Morgan fingerprint density at radius 2 is 2.22 bits per heavy atom. The van der Waals surface area contributed by atoms with Gasteiger partial charge >= 0.3 is 0 Å². The van der Waals surface area contributed by atoms with Crippen molar-refractivity contribution in [1.82, 2.24) is 15.0 Å². The largest absolute Gasteiger partial charge is 0.384 e. The van der Waals surface area contributed by atoms with Crippen molar-refractivity contribution in [3.8, 4) is 0 Å². The Hall–Kier alpha value is -1.14. The van der Waals surface area contributed by atoms with Gasteiger partial charge in [0, 0.05) is 18.7 Å². The van der Waals surface area contributed by atoms with E-state index in [1.807, 2.05) is 12.1 Å². The maximum absolute atomic E-state index is 5.78. The van der Waals surface area contributed by atoms with Gasteiger partial charge in [-0.3, -0.25) is 0 Å². The van der Waals surface area contributed by atoms with Gasteiger partial charge in [0.15, 0.2) is 0 Å². The number of aromatic nitrogens is 3. The molecule has 0 amide bonds. The van der Waals surface area contributed by atoms with E-state index in [1.54, 1.807) is 12.3 Å². The molecule has 2 rings (SSSR count). The molecule has 0 radical (unpaired) electrons. The van der Waals surface area contributed by atoms with Crippen LogP contribution in [0.1, 0.15) is 19.2 Å². The molecule has 2 aromatic heterocycles. The quantitative estimate of drug-likeness (QED) is 0.874. The number of hydrogen-bond acceptors (Lipinski definition) is 5. The molecule has 0 aliphatic heterocycles. The van der Waals surface area contributed by atoms with Crippen LogP contribution in [-0.4, -0.2) is 15.0 Å².